The van der Waals surface area contributed by atoms with Crippen molar-refractivity contribution >= 4 is 11.6 Å². The first-order chi connectivity index (χ1) is 8.77. The summed E-state index contributed by atoms with van der Waals surface area (Å²) in [6, 6.07) is 5.55. The average Bonchev–Trinajstić information content (AvgIpc) is 2.83. The minimum Gasteiger partial charge on any atom is -0.469 e. The van der Waals surface area contributed by atoms with Crippen LogP contribution in [-0.2, 0) is 6.42 Å². The van der Waals surface area contributed by atoms with Gasteiger partial charge in [0.05, 0.1) is 23.2 Å². The van der Waals surface area contributed by atoms with Crippen molar-refractivity contribution in [3.63, 3.8) is 0 Å². The summed E-state index contributed by atoms with van der Waals surface area (Å²) in [4.78, 5) is 18.6. The molecule has 3 heterocycles. The Kier molecular flexibility index (Phi) is 2.63. The molecule has 0 atom stereocenters. The number of carbonyl (C=O) groups is 1. The fourth-order valence-corrected chi connectivity index (χ4v) is 2.36. The molecule has 0 bridgehead atoms. The topological polar surface area (TPSA) is 46.3 Å². The molecule has 1 aliphatic heterocycles. The molecule has 18 heavy (non-hydrogen) atoms. The third kappa shape index (κ3) is 1.70. The minimum absolute atomic E-state index is 0.00444. The zero-order chi connectivity index (χ0) is 12.5. The van der Waals surface area contributed by atoms with E-state index in [1.807, 2.05) is 12.1 Å². The van der Waals surface area contributed by atoms with Gasteiger partial charge in [-0.15, -0.1) is 0 Å². The van der Waals surface area contributed by atoms with E-state index in [-0.39, 0.29) is 5.91 Å². The first-order valence-electron chi connectivity index (χ1n) is 6.07. The number of aryl methyl sites for hydroxylation is 2. The van der Waals surface area contributed by atoms with E-state index in [4.69, 9.17) is 4.42 Å². The number of anilines is 1. The molecule has 1 amide bonds. The SMILES string of the molecule is Cc1occc1C(=O)N1CCCc2ncccc21. The van der Waals surface area contributed by atoms with E-state index in [0.29, 0.717) is 11.3 Å². The number of nitrogens with zero attached hydrogens (tertiary/aromatic N) is 2. The van der Waals surface area contributed by atoms with Crippen LogP contribution in [0.3, 0.4) is 0 Å². The lowest BCUT2D eigenvalue weighted by molar-refractivity contribution is 0.0983. The highest BCUT2D eigenvalue weighted by molar-refractivity contribution is 6.07. The molecule has 4 heteroatoms. The Bertz CT molecular complexity index is 589. The van der Waals surface area contributed by atoms with Crippen molar-refractivity contribution in [1.29, 1.82) is 0 Å². The molecule has 4 nitrogen and oxygen atoms in total. The molecule has 1 aliphatic rings. The third-order valence-electron chi connectivity index (χ3n) is 3.29. The van der Waals surface area contributed by atoms with Crippen molar-refractivity contribution < 1.29 is 9.21 Å². The summed E-state index contributed by atoms with van der Waals surface area (Å²) in [5, 5.41) is 0. The van der Waals surface area contributed by atoms with Crippen LogP contribution in [-0.4, -0.2) is 17.4 Å². The third-order valence-corrected chi connectivity index (χ3v) is 3.29. The smallest absolute Gasteiger partial charge is 0.261 e. The second kappa shape index (κ2) is 4.29. The molecule has 0 fully saturated rings. The first-order valence-corrected chi connectivity index (χ1v) is 6.07. The average molecular weight is 242 g/mol. The van der Waals surface area contributed by atoms with Crippen LogP contribution in [0.1, 0.15) is 28.2 Å². The fraction of sp³-hybridized carbons (Fsp3) is 0.286. The van der Waals surface area contributed by atoms with Gasteiger partial charge in [-0.05, 0) is 38.0 Å². The van der Waals surface area contributed by atoms with Crippen molar-refractivity contribution in [1.82, 2.24) is 4.98 Å². The van der Waals surface area contributed by atoms with E-state index < -0.39 is 0 Å². The fourth-order valence-electron chi connectivity index (χ4n) is 2.36. The molecule has 92 valence electrons. The van der Waals surface area contributed by atoms with Gasteiger partial charge in [-0.1, -0.05) is 0 Å². The summed E-state index contributed by atoms with van der Waals surface area (Å²) in [5.41, 5.74) is 2.55. The van der Waals surface area contributed by atoms with E-state index in [9.17, 15) is 4.79 Å². The number of pyridine rings is 1. The zero-order valence-corrected chi connectivity index (χ0v) is 10.2. The van der Waals surface area contributed by atoms with E-state index >= 15 is 0 Å². The maximum absolute atomic E-state index is 12.5. The van der Waals surface area contributed by atoms with E-state index in [1.54, 1.807) is 30.4 Å². The quantitative estimate of drug-likeness (QED) is 0.772. The molecule has 2 aromatic rings. The summed E-state index contributed by atoms with van der Waals surface area (Å²) in [6.07, 6.45) is 5.21. The van der Waals surface area contributed by atoms with E-state index in [0.717, 1.165) is 30.8 Å². The van der Waals surface area contributed by atoms with Crippen LogP contribution in [0.4, 0.5) is 5.69 Å². The van der Waals surface area contributed by atoms with Crippen LogP contribution in [0.15, 0.2) is 35.1 Å². The number of fused-ring (bicyclic) bond motifs is 1. The standard InChI is InChI=1S/C14H14N2O2/c1-10-11(6-9-18-10)14(17)16-8-3-4-12-13(16)5-2-7-15-12/h2,5-7,9H,3-4,8H2,1H3. The molecule has 0 radical (unpaired) electrons. The van der Waals surface area contributed by atoms with Crippen molar-refractivity contribution in [2.24, 2.45) is 0 Å². The highest BCUT2D eigenvalue weighted by Gasteiger charge is 2.25. The number of hydrogen-bond acceptors (Lipinski definition) is 3. The number of carbonyl (C=O) groups excluding carboxylic acids is 1. The highest BCUT2D eigenvalue weighted by Crippen LogP contribution is 2.27. The van der Waals surface area contributed by atoms with Gasteiger partial charge in [0, 0.05) is 12.7 Å². The molecule has 0 saturated heterocycles. The lowest BCUT2D eigenvalue weighted by Gasteiger charge is -2.28. The Labute approximate surface area is 105 Å². The maximum Gasteiger partial charge on any atom is 0.261 e. The van der Waals surface area contributed by atoms with Gasteiger partial charge in [-0.2, -0.15) is 0 Å². The Morgan fingerprint density at radius 3 is 3.11 bits per heavy atom. The molecule has 0 aliphatic carbocycles. The molecule has 0 spiro atoms. The monoisotopic (exact) mass is 242 g/mol. The first kappa shape index (κ1) is 11.0. The van der Waals surface area contributed by atoms with Crippen molar-refractivity contribution in [3.8, 4) is 0 Å². The molecule has 0 aromatic carbocycles. The second-order valence-corrected chi connectivity index (χ2v) is 4.42. The summed E-state index contributed by atoms with van der Waals surface area (Å²) in [6.45, 7) is 2.55. The van der Waals surface area contributed by atoms with Crippen LogP contribution < -0.4 is 4.90 Å². The van der Waals surface area contributed by atoms with Gasteiger partial charge in [0.15, 0.2) is 0 Å². The van der Waals surface area contributed by atoms with Gasteiger partial charge >= 0.3 is 0 Å². The number of amides is 1. The Hall–Kier alpha value is -2.10. The molecule has 0 unspecified atom stereocenters. The lowest BCUT2D eigenvalue weighted by Crippen LogP contribution is -2.35. The van der Waals surface area contributed by atoms with Crippen molar-refractivity contribution in [3.05, 3.63) is 47.7 Å². The predicted octanol–water partition coefficient (Wildman–Crippen LogP) is 2.58. The van der Waals surface area contributed by atoms with Gasteiger partial charge in [0.25, 0.3) is 5.91 Å². The molecular formula is C14H14N2O2. The number of rotatable bonds is 1. The normalized spacial score (nSPS) is 14.4. The van der Waals surface area contributed by atoms with Crippen LogP contribution in [0, 0.1) is 6.92 Å². The van der Waals surface area contributed by atoms with Crippen molar-refractivity contribution in [2.45, 2.75) is 19.8 Å². The van der Waals surface area contributed by atoms with Gasteiger partial charge in [-0.3, -0.25) is 9.78 Å². The van der Waals surface area contributed by atoms with E-state index in [1.165, 1.54) is 0 Å². The lowest BCUT2D eigenvalue weighted by atomic mass is 10.1. The summed E-state index contributed by atoms with van der Waals surface area (Å²) in [7, 11) is 0. The summed E-state index contributed by atoms with van der Waals surface area (Å²) in [5.74, 6) is 0.659. The van der Waals surface area contributed by atoms with Crippen LogP contribution in [0.2, 0.25) is 0 Å². The largest absolute Gasteiger partial charge is 0.469 e. The van der Waals surface area contributed by atoms with Gasteiger partial charge in [-0.25, -0.2) is 0 Å². The van der Waals surface area contributed by atoms with Crippen LogP contribution in [0.25, 0.3) is 0 Å². The van der Waals surface area contributed by atoms with Gasteiger partial charge in [0.1, 0.15) is 5.76 Å². The van der Waals surface area contributed by atoms with Gasteiger partial charge < -0.3 is 9.32 Å². The Morgan fingerprint density at radius 2 is 2.33 bits per heavy atom. The number of aromatic nitrogens is 1. The van der Waals surface area contributed by atoms with Crippen molar-refractivity contribution in [2.75, 3.05) is 11.4 Å². The maximum atomic E-state index is 12.5. The molecule has 0 saturated carbocycles. The molecular weight excluding hydrogens is 228 g/mol. The summed E-state index contributed by atoms with van der Waals surface area (Å²) < 4.78 is 5.20. The Balaban J connectivity index is 2.00. The predicted molar refractivity (Wildman–Crippen MR) is 67.7 cm³/mol. The Morgan fingerprint density at radius 1 is 1.44 bits per heavy atom. The highest BCUT2D eigenvalue weighted by atomic mass is 16.3. The second-order valence-electron chi connectivity index (χ2n) is 4.42. The minimum atomic E-state index is -0.00444. The van der Waals surface area contributed by atoms with Gasteiger partial charge in [0.2, 0.25) is 0 Å². The summed E-state index contributed by atoms with van der Waals surface area (Å²) >= 11 is 0. The number of furan rings is 1. The van der Waals surface area contributed by atoms with Crippen LogP contribution >= 0.6 is 0 Å². The zero-order valence-electron chi connectivity index (χ0n) is 10.2. The molecule has 3 rings (SSSR count). The molecule has 0 N–H and O–H groups in total. The number of hydrogen-bond donors (Lipinski definition) is 0. The molecule has 2 aromatic heterocycles. The van der Waals surface area contributed by atoms with Crippen LogP contribution in [0.5, 0.6) is 0 Å². The van der Waals surface area contributed by atoms with E-state index in [2.05, 4.69) is 4.98 Å².